The van der Waals surface area contributed by atoms with Gasteiger partial charge in [-0.1, -0.05) is 166 Å². The van der Waals surface area contributed by atoms with Crippen molar-refractivity contribution >= 4 is 33.0 Å². The molecule has 0 unspecified atom stereocenters. The van der Waals surface area contributed by atoms with Crippen LogP contribution in [0.3, 0.4) is 0 Å². The maximum atomic E-state index is 6.89. The summed E-state index contributed by atoms with van der Waals surface area (Å²) in [6.07, 6.45) is 0. The van der Waals surface area contributed by atoms with Crippen LogP contribution in [0.15, 0.2) is 150 Å². The van der Waals surface area contributed by atoms with Crippen LogP contribution >= 0.6 is 0 Å². The van der Waals surface area contributed by atoms with E-state index < -0.39 is 0 Å². The molecule has 1 aliphatic carbocycles. The van der Waals surface area contributed by atoms with E-state index in [1.54, 1.807) is 0 Å². The molecule has 0 atom stereocenters. The number of para-hydroxylation sites is 3. The zero-order valence-electron chi connectivity index (χ0n) is 37.3. The number of furan rings is 1. The number of rotatable bonds is 6. The van der Waals surface area contributed by atoms with Crippen molar-refractivity contribution in [1.29, 1.82) is 0 Å². The first-order chi connectivity index (χ1) is 29.2. The molecule has 3 nitrogen and oxygen atoms in total. The lowest BCUT2D eigenvalue weighted by molar-refractivity contribution is 0.0948. The average Bonchev–Trinajstić information content (AvgIpc) is 3.83. The van der Waals surface area contributed by atoms with Crippen molar-refractivity contribution in [3.8, 4) is 50.5 Å². The first kappa shape index (κ1) is 39.0. The van der Waals surface area contributed by atoms with Gasteiger partial charge in [-0.2, -0.15) is 0 Å². The molecule has 9 aromatic rings. The maximum Gasteiger partial charge on any atom is 0.149 e. The summed E-state index contributed by atoms with van der Waals surface area (Å²) in [5.74, 6) is 1.37. The summed E-state index contributed by atoms with van der Waals surface area (Å²) in [6.45, 7) is 24.1. The van der Waals surface area contributed by atoms with Gasteiger partial charge in [0.1, 0.15) is 17.0 Å². The predicted octanol–water partition coefficient (Wildman–Crippen LogP) is 16.4. The topological polar surface area (TPSA) is 31.0 Å². The highest BCUT2D eigenvalue weighted by molar-refractivity contribution is 6.10. The minimum Gasteiger partial charge on any atom is -0.455 e. The van der Waals surface area contributed by atoms with E-state index in [1.807, 2.05) is 0 Å². The first-order valence-electron chi connectivity index (χ1n) is 22.1. The third-order valence-electron chi connectivity index (χ3n) is 15.1. The molecule has 0 saturated heterocycles. The summed E-state index contributed by atoms with van der Waals surface area (Å²) in [7, 11) is 0. The van der Waals surface area contributed by atoms with Crippen molar-refractivity contribution < 1.29 is 4.42 Å². The summed E-state index contributed by atoms with van der Waals surface area (Å²) in [5.41, 5.74) is 18.7. The summed E-state index contributed by atoms with van der Waals surface area (Å²) >= 11 is 0. The van der Waals surface area contributed by atoms with Gasteiger partial charge in [0.15, 0.2) is 0 Å². The Hall–Kier alpha value is -6.19. The SMILES string of the molecule is CC(C)c1cc(-c2ccc3c(c2)C(C)(C)C(C)(C)C(C)(C)c2ccccc2-3)cc(C(C)C)c1-n1c(-c2cccc3c2oc2cc(-c4ccccc4)ccc23)nc2ccccc21. The van der Waals surface area contributed by atoms with Crippen molar-refractivity contribution in [1.82, 2.24) is 9.55 Å². The van der Waals surface area contributed by atoms with Gasteiger partial charge < -0.3 is 4.42 Å². The molecule has 0 aliphatic heterocycles. The van der Waals surface area contributed by atoms with Gasteiger partial charge in [-0.25, -0.2) is 4.98 Å². The Morgan fingerprint density at radius 1 is 0.492 bits per heavy atom. The van der Waals surface area contributed by atoms with Gasteiger partial charge in [-0.05, 0) is 132 Å². The molecule has 7 aromatic carbocycles. The van der Waals surface area contributed by atoms with Crippen LogP contribution in [0.4, 0.5) is 0 Å². The lowest BCUT2D eigenvalue weighted by Crippen LogP contribution is -2.48. The molecule has 0 radical (unpaired) electrons. The van der Waals surface area contributed by atoms with Crippen molar-refractivity contribution in [2.45, 2.75) is 91.9 Å². The molecule has 1 aliphatic rings. The molecule has 0 spiro atoms. The van der Waals surface area contributed by atoms with E-state index in [2.05, 4.69) is 219 Å². The molecule has 0 fully saturated rings. The highest BCUT2D eigenvalue weighted by Gasteiger charge is 2.52. The molecule has 2 heterocycles. The van der Waals surface area contributed by atoms with Crippen LogP contribution in [0.1, 0.15) is 103 Å². The molecule has 61 heavy (non-hydrogen) atoms. The summed E-state index contributed by atoms with van der Waals surface area (Å²) in [5, 5.41) is 2.20. The van der Waals surface area contributed by atoms with E-state index in [-0.39, 0.29) is 28.1 Å². The van der Waals surface area contributed by atoms with Gasteiger partial charge in [0, 0.05) is 10.8 Å². The zero-order chi connectivity index (χ0) is 42.6. The molecule has 304 valence electrons. The fourth-order valence-corrected chi connectivity index (χ4v) is 10.4. The molecule has 3 heteroatoms. The second-order valence-corrected chi connectivity index (χ2v) is 19.6. The number of imidazole rings is 1. The Labute approximate surface area is 361 Å². The van der Waals surface area contributed by atoms with E-state index in [0.29, 0.717) is 0 Å². The smallest absolute Gasteiger partial charge is 0.149 e. The van der Waals surface area contributed by atoms with Gasteiger partial charge in [-0.3, -0.25) is 4.57 Å². The fourth-order valence-electron chi connectivity index (χ4n) is 10.4. The second-order valence-electron chi connectivity index (χ2n) is 19.6. The van der Waals surface area contributed by atoms with Gasteiger partial charge >= 0.3 is 0 Å². The van der Waals surface area contributed by atoms with Crippen LogP contribution in [-0.2, 0) is 10.8 Å². The first-order valence-corrected chi connectivity index (χ1v) is 22.1. The highest BCUT2D eigenvalue weighted by Crippen LogP contribution is 2.60. The summed E-state index contributed by atoms with van der Waals surface area (Å²) < 4.78 is 9.32. The standard InChI is InChI=1S/C58H56N2O/c1-35(2)46-31-40(38-27-29-42-41-21-14-15-24-48(41)56(5,6)58(9,10)57(7,8)49(42)33-38)32-47(36(3)4)53(46)60-51-26-17-16-25-50(51)59-55(60)45-23-18-22-44-43-30-28-39(34-52(43)61-54(44)45)37-19-12-11-13-20-37/h11-36H,1-10H3. The number of hydrogen-bond acceptors (Lipinski definition) is 2. The number of hydrogen-bond donors (Lipinski definition) is 0. The quantitative estimate of drug-likeness (QED) is 0.168. The number of aromatic nitrogens is 2. The Bertz CT molecular complexity index is 3140. The molecule has 10 rings (SSSR count). The van der Waals surface area contributed by atoms with Crippen LogP contribution in [-0.4, -0.2) is 9.55 Å². The minimum absolute atomic E-state index is 0.0399. The van der Waals surface area contributed by atoms with Crippen molar-refractivity contribution in [3.05, 3.63) is 168 Å². The molecular weight excluding hydrogens is 741 g/mol. The second kappa shape index (κ2) is 13.9. The maximum absolute atomic E-state index is 6.89. The van der Waals surface area contributed by atoms with Crippen LogP contribution in [0.5, 0.6) is 0 Å². The zero-order valence-corrected chi connectivity index (χ0v) is 37.3. The Morgan fingerprint density at radius 2 is 1.10 bits per heavy atom. The minimum atomic E-state index is -0.117. The molecular formula is C58H56N2O. The number of nitrogens with zero attached hydrogens (tertiary/aromatic N) is 2. The number of benzene rings is 7. The number of fused-ring (bicyclic) bond motifs is 7. The normalized spacial score (nSPS) is 15.4. The monoisotopic (exact) mass is 796 g/mol. The van der Waals surface area contributed by atoms with Gasteiger partial charge in [0.25, 0.3) is 0 Å². The summed E-state index contributed by atoms with van der Waals surface area (Å²) in [6, 6.07) is 53.5. The van der Waals surface area contributed by atoms with E-state index >= 15 is 0 Å². The van der Waals surface area contributed by atoms with E-state index in [0.717, 1.165) is 49.9 Å². The van der Waals surface area contributed by atoms with Gasteiger partial charge in [0.2, 0.25) is 0 Å². The predicted molar refractivity (Wildman–Crippen MR) is 258 cm³/mol. The van der Waals surface area contributed by atoms with E-state index in [1.165, 1.54) is 55.8 Å². The van der Waals surface area contributed by atoms with Crippen LogP contribution in [0.25, 0.3) is 83.4 Å². The Morgan fingerprint density at radius 3 is 1.84 bits per heavy atom. The van der Waals surface area contributed by atoms with Gasteiger partial charge in [0.05, 0.1) is 22.3 Å². The Balaban J connectivity index is 1.19. The average molecular weight is 797 g/mol. The van der Waals surface area contributed by atoms with Crippen molar-refractivity contribution in [3.63, 3.8) is 0 Å². The molecule has 0 bridgehead atoms. The Kier molecular flexibility index (Phi) is 8.90. The van der Waals surface area contributed by atoms with Crippen LogP contribution in [0.2, 0.25) is 0 Å². The molecule has 0 amide bonds. The van der Waals surface area contributed by atoms with Crippen molar-refractivity contribution in [2.75, 3.05) is 0 Å². The third kappa shape index (κ3) is 5.80. The highest BCUT2D eigenvalue weighted by atomic mass is 16.3. The summed E-state index contributed by atoms with van der Waals surface area (Å²) in [4.78, 5) is 5.45. The van der Waals surface area contributed by atoms with Crippen LogP contribution in [0, 0.1) is 5.41 Å². The van der Waals surface area contributed by atoms with E-state index in [4.69, 9.17) is 9.40 Å². The van der Waals surface area contributed by atoms with Crippen molar-refractivity contribution in [2.24, 2.45) is 5.41 Å². The lowest BCUT2D eigenvalue weighted by atomic mass is 9.52. The molecule has 0 N–H and O–H groups in total. The largest absolute Gasteiger partial charge is 0.455 e. The third-order valence-corrected chi connectivity index (χ3v) is 15.1. The lowest BCUT2D eigenvalue weighted by Gasteiger charge is -2.51. The van der Waals surface area contributed by atoms with E-state index in [9.17, 15) is 0 Å². The molecule has 0 saturated carbocycles. The molecule has 2 aromatic heterocycles. The van der Waals surface area contributed by atoms with Crippen LogP contribution < -0.4 is 0 Å². The fraction of sp³-hybridized carbons (Fsp3) is 0.259. The van der Waals surface area contributed by atoms with Gasteiger partial charge in [-0.15, -0.1) is 0 Å².